The van der Waals surface area contributed by atoms with Gasteiger partial charge in [0.15, 0.2) is 0 Å². The van der Waals surface area contributed by atoms with Crippen molar-refractivity contribution in [3.05, 3.63) is 11.8 Å². The summed E-state index contributed by atoms with van der Waals surface area (Å²) in [4.78, 5) is 48.9. The van der Waals surface area contributed by atoms with Crippen molar-refractivity contribution in [2.45, 2.75) is 97.4 Å². The van der Waals surface area contributed by atoms with E-state index in [2.05, 4.69) is 0 Å². The molecule has 2 rings (SSSR count). The van der Waals surface area contributed by atoms with E-state index in [0.717, 1.165) is 13.2 Å². The minimum atomic E-state index is -2.26. The molecule has 6 atom stereocenters. The van der Waals surface area contributed by atoms with Gasteiger partial charge in [-0.25, -0.2) is 4.79 Å². The van der Waals surface area contributed by atoms with Gasteiger partial charge in [-0.2, -0.15) is 0 Å². The monoisotopic (exact) mass is 558 g/mol. The van der Waals surface area contributed by atoms with Gasteiger partial charge in [0.1, 0.15) is 30.3 Å². The number of fused-ring (bicyclic) bond motifs is 1. The lowest BCUT2D eigenvalue weighted by atomic mass is 9.77. The Kier molecular flexibility index (Phi) is 10.9. The Bertz CT molecular complexity index is 941. The Morgan fingerprint density at radius 3 is 2.13 bits per heavy atom. The Morgan fingerprint density at radius 1 is 1.00 bits per heavy atom. The summed E-state index contributed by atoms with van der Waals surface area (Å²) >= 11 is 0. The van der Waals surface area contributed by atoms with Crippen molar-refractivity contribution < 1.29 is 58.2 Å². The number of carbonyl (C=O) groups excluding carboxylic acids is 4. The average Bonchev–Trinajstić information content (AvgIpc) is 3.00. The Hall–Kier alpha value is -2.70. The van der Waals surface area contributed by atoms with Crippen LogP contribution in [-0.4, -0.2) is 82.1 Å². The van der Waals surface area contributed by atoms with Gasteiger partial charge in [-0.15, -0.1) is 0 Å². The summed E-state index contributed by atoms with van der Waals surface area (Å²) in [5, 5.41) is 33.9. The van der Waals surface area contributed by atoms with Crippen LogP contribution >= 0.6 is 0 Å². The molecule has 1 fully saturated rings. The van der Waals surface area contributed by atoms with Crippen LogP contribution in [0.4, 0.5) is 0 Å². The summed E-state index contributed by atoms with van der Waals surface area (Å²) in [6.45, 7) is 10.5. The molecule has 2 aliphatic rings. The van der Waals surface area contributed by atoms with E-state index in [1.165, 1.54) is 0 Å². The van der Waals surface area contributed by atoms with Crippen molar-refractivity contribution in [1.29, 1.82) is 0 Å². The van der Waals surface area contributed by atoms with Crippen LogP contribution < -0.4 is 0 Å². The highest BCUT2D eigenvalue weighted by molar-refractivity contribution is 5.79. The Balaban J connectivity index is 2.31. The minimum Gasteiger partial charge on any atom is -0.463 e. The summed E-state index contributed by atoms with van der Waals surface area (Å²) in [6.07, 6.45) is -3.64. The molecule has 222 valence electrons. The van der Waals surface area contributed by atoms with Crippen LogP contribution in [0.25, 0.3) is 0 Å². The number of hydrogen-bond acceptors (Lipinski definition) is 12. The fourth-order valence-electron chi connectivity index (χ4n) is 4.72. The van der Waals surface area contributed by atoms with Crippen molar-refractivity contribution in [2.24, 2.45) is 23.7 Å². The number of rotatable bonds is 12. The molecular weight excluding hydrogens is 516 g/mol. The van der Waals surface area contributed by atoms with E-state index in [1.807, 2.05) is 13.8 Å². The third kappa shape index (κ3) is 7.92. The maximum Gasteiger partial charge on any atom is 0.348 e. The van der Waals surface area contributed by atoms with Crippen LogP contribution in [0.3, 0.4) is 0 Å². The summed E-state index contributed by atoms with van der Waals surface area (Å²) < 4.78 is 26.6. The molecule has 0 aromatic rings. The van der Waals surface area contributed by atoms with Crippen LogP contribution in [0.5, 0.6) is 0 Å². The molecule has 5 unspecified atom stereocenters. The van der Waals surface area contributed by atoms with Crippen LogP contribution in [0.15, 0.2) is 11.8 Å². The molecule has 0 aromatic carbocycles. The van der Waals surface area contributed by atoms with Gasteiger partial charge in [0.25, 0.3) is 6.29 Å². The van der Waals surface area contributed by atoms with E-state index in [4.69, 9.17) is 23.7 Å². The quantitative estimate of drug-likeness (QED) is 0.232. The fourth-order valence-corrected chi connectivity index (χ4v) is 4.72. The molecule has 1 saturated carbocycles. The zero-order valence-corrected chi connectivity index (χ0v) is 23.7. The van der Waals surface area contributed by atoms with Gasteiger partial charge in [-0.3, -0.25) is 14.4 Å². The highest BCUT2D eigenvalue weighted by Crippen LogP contribution is 2.52. The average molecular weight is 559 g/mol. The molecule has 0 aromatic heterocycles. The number of ether oxygens (including phenoxy) is 5. The van der Waals surface area contributed by atoms with E-state index < -0.39 is 85.0 Å². The lowest BCUT2D eigenvalue weighted by Crippen LogP contribution is -2.59. The second-order valence-electron chi connectivity index (χ2n) is 11.5. The predicted molar refractivity (Wildman–Crippen MR) is 134 cm³/mol. The molecule has 3 N–H and O–H groups in total. The molecule has 1 heterocycles. The molecule has 12 nitrogen and oxygen atoms in total. The van der Waals surface area contributed by atoms with Crippen molar-refractivity contribution in [1.82, 2.24) is 0 Å². The molecule has 1 aliphatic heterocycles. The zero-order valence-electron chi connectivity index (χ0n) is 23.7. The number of aliphatic hydroxyl groups excluding tert-OH is 1. The van der Waals surface area contributed by atoms with Crippen molar-refractivity contribution in [2.75, 3.05) is 13.2 Å². The standard InChI is InChI=1S/C27H42O12/c1-14(2)8-20(30)38-22(16(5)6)24(32)35-11-18-12-36-25(39-21(31)9-15(3)4)23-26(18,33)10-19(29)27(23,34)13-37-17(7)28/h12,14-16,19,22-23,25,29,33-34H,8-11,13H2,1-7H3/t19?,22?,23?,25?,26?,27-/m1/s1. The maximum absolute atomic E-state index is 12.9. The smallest absolute Gasteiger partial charge is 0.348 e. The third-order valence-electron chi connectivity index (χ3n) is 6.68. The number of aliphatic hydroxyl groups is 3. The molecule has 0 bridgehead atoms. The lowest BCUT2D eigenvalue weighted by Gasteiger charge is -2.43. The highest BCUT2D eigenvalue weighted by Gasteiger charge is 2.69. The minimum absolute atomic E-state index is 0.0240. The van der Waals surface area contributed by atoms with E-state index in [0.29, 0.717) is 0 Å². The highest BCUT2D eigenvalue weighted by atomic mass is 16.7. The van der Waals surface area contributed by atoms with E-state index in [1.54, 1.807) is 27.7 Å². The number of esters is 4. The van der Waals surface area contributed by atoms with Gasteiger partial charge < -0.3 is 39.0 Å². The molecule has 0 saturated heterocycles. The van der Waals surface area contributed by atoms with Gasteiger partial charge in [0, 0.05) is 37.7 Å². The topological polar surface area (TPSA) is 175 Å². The van der Waals surface area contributed by atoms with Gasteiger partial charge in [0.2, 0.25) is 6.10 Å². The number of hydrogen-bond donors (Lipinski definition) is 3. The molecule has 0 amide bonds. The fraction of sp³-hybridized carbons (Fsp3) is 0.778. The second-order valence-corrected chi connectivity index (χ2v) is 11.5. The molecule has 1 aliphatic carbocycles. The first-order chi connectivity index (χ1) is 18.0. The van der Waals surface area contributed by atoms with Crippen LogP contribution in [0.2, 0.25) is 0 Å². The van der Waals surface area contributed by atoms with Crippen molar-refractivity contribution in [3.63, 3.8) is 0 Å². The van der Waals surface area contributed by atoms with Crippen molar-refractivity contribution >= 4 is 23.9 Å². The molecule has 0 spiro atoms. The van der Waals surface area contributed by atoms with Crippen LogP contribution in [0, 0.1) is 23.7 Å². The van der Waals surface area contributed by atoms with Crippen LogP contribution in [-0.2, 0) is 42.9 Å². The first kappa shape index (κ1) is 32.5. The molecular formula is C27H42O12. The molecule has 39 heavy (non-hydrogen) atoms. The molecule has 12 heteroatoms. The first-order valence-corrected chi connectivity index (χ1v) is 13.2. The molecule has 0 radical (unpaired) electrons. The van der Waals surface area contributed by atoms with Crippen LogP contribution in [0.1, 0.15) is 67.7 Å². The predicted octanol–water partition coefficient (Wildman–Crippen LogP) is 1.38. The van der Waals surface area contributed by atoms with Gasteiger partial charge in [-0.05, 0) is 11.8 Å². The second kappa shape index (κ2) is 13.1. The van der Waals surface area contributed by atoms with Crippen molar-refractivity contribution in [3.8, 4) is 0 Å². The number of carbonyl (C=O) groups is 4. The summed E-state index contributed by atoms with van der Waals surface area (Å²) in [5.74, 6) is -4.76. The Morgan fingerprint density at radius 2 is 1.59 bits per heavy atom. The third-order valence-corrected chi connectivity index (χ3v) is 6.68. The van der Waals surface area contributed by atoms with E-state index in [-0.39, 0.29) is 30.3 Å². The Labute approximate surface area is 228 Å². The summed E-state index contributed by atoms with van der Waals surface area (Å²) in [5.41, 5.74) is -4.37. The summed E-state index contributed by atoms with van der Waals surface area (Å²) in [6, 6.07) is 0. The first-order valence-electron chi connectivity index (χ1n) is 13.2. The van der Waals surface area contributed by atoms with E-state index in [9.17, 15) is 34.5 Å². The lowest BCUT2D eigenvalue weighted by molar-refractivity contribution is -0.239. The van der Waals surface area contributed by atoms with Gasteiger partial charge in [0.05, 0.1) is 12.4 Å². The maximum atomic E-state index is 12.9. The normalized spacial score (nSPS) is 28.8. The summed E-state index contributed by atoms with van der Waals surface area (Å²) in [7, 11) is 0. The van der Waals surface area contributed by atoms with E-state index >= 15 is 0 Å². The van der Waals surface area contributed by atoms with Gasteiger partial charge >= 0.3 is 23.9 Å². The SMILES string of the molecule is CC(=O)OC[C@@]1(O)C(O)CC2(O)C(COC(=O)C(OC(=O)CC(C)C)C(C)C)=COC(OC(=O)CC(C)C)C21. The zero-order chi connectivity index (χ0) is 29.7. The largest absolute Gasteiger partial charge is 0.463 e. The van der Waals surface area contributed by atoms with Gasteiger partial charge in [-0.1, -0.05) is 41.5 Å².